The molecule has 0 radical (unpaired) electrons. The molecule has 0 saturated heterocycles. The van der Waals surface area contributed by atoms with E-state index in [0.29, 0.717) is 25.1 Å². The number of rotatable bonds is 17. The lowest BCUT2D eigenvalue weighted by molar-refractivity contribution is -0.142. The number of carbonyl (C=O) groups is 5. The van der Waals surface area contributed by atoms with Crippen molar-refractivity contribution in [3.63, 3.8) is 0 Å². The van der Waals surface area contributed by atoms with Crippen LogP contribution in [0.1, 0.15) is 45.4 Å². The maximum atomic E-state index is 12.8. The predicted molar refractivity (Wildman–Crippen MR) is 121 cm³/mol. The van der Waals surface area contributed by atoms with E-state index in [9.17, 15) is 29.1 Å². The van der Waals surface area contributed by atoms with Gasteiger partial charge in [-0.3, -0.25) is 19.2 Å². The van der Waals surface area contributed by atoms with Crippen LogP contribution in [0.5, 0.6) is 0 Å². The van der Waals surface area contributed by atoms with Crippen LogP contribution in [0.15, 0.2) is 0 Å². The summed E-state index contributed by atoms with van der Waals surface area (Å²) in [6, 6.07) is -4.19. The smallest absolute Gasteiger partial charge is 0.326 e. The van der Waals surface area contributed by atoms with Gasteiger partial charge in [0.1, 0.15) is 18.1 Å². The van der Waals surface area contributed by atoms with E-state index in [2.05, 4.69) is 16.0 Å². The highest BCUT2D eigenvalue weighted by molar-refractivity contribution is 7.98. The van der Waals surface area contributed by atoms with E-state index in [1.807, 2.05) is 6.26 Å². The average Bonchev–Trinajstić information content (AvgIpc) is 2.72. The van der Waals surface area contributed by atoms with Crippen LogP contribution in [-0.2, 0) is 24.0 Å². The number of hydrogen-bond acceptors (Lipinski definition) is 8. The average molecular weight is 477 g/mol. The molecule has 12 nitrogen and oxygen atoms in total. The third-order valence-electron chi connectivity index (χ3n) is 4.53. The molecule has 0 spiro atoms. The summed E-state index contributed by atoms with van der Waals surface area (Å²) in [6.07, 6.45) is 3.11. The Morgan fingerprint density at radius 2 is 1.41 bits per heavy atom. The third kappa shape index (κ3) is 12.5. The molecule has 32 heavy (non-hydrogen) atoms. The van der Waals surface area contributed by atoms with Crippen molar-refractivity contribution in [1.82, 2.24) is 16.0 Å². The van der Waals surface area contributed by atoms with Gasteiger partial charge in [0, 0.05) is 6.42 Å². The normalized spacial score (nSPS) is 14.5. The molecule has 0 aliphatic rings. The Bertz CT molecular complexity index is 648. The molecule has 4 atom stereocenters. The van der Waals surface area contributed by atoms with Crippen molar-refractivity contribution in [1.29, 1.82) is 0 Å². The van der Waals surface area contributed by atoms with Gasteiger partial charge in [-0.25, -0.2) is 4.79 Å². The minimum absolute atomic E-state index is 0.0811. The van der Waals surface area contributed by atoms with E-state index in [1.54, 1.807) is 0 Å². The lowest BCUT2D eigenvalue weighted by Crippen LogP contribution is -2.57. The SMILES string of the molecule is CSCCC(NC(=O)C(CCCCN)NC(=O)C(CCC(N)=O)NC(=O)C(C)N)C(=O)O. The number of hydrogen-bond donors (Lipinski definition) is 7. The number of carboxylic acid groups (broad SMARTS) is 1. The first-order valence-electron chi connectivity index (χ1n) is 10.4. The summed E-state index contributed by atoms with van der Waals surface area (Å²) in [4.78, 5) is 60.1. The Morgan fingerprint density at radius 3 is 1.88 bits per heavy atom. The molecule has 0 aromatic carbocycles. The molecule has 0 aliphatic heterocycles. The molecule has 4 unspecified atom stereocenters. The standard InChI is InChI=1S/C19H36N6O6S/c1-11(21)16(27)23-13(6-7-15(22)26)18(29)24-12(5-3-4-9-20)17(28)25-14(19(30)31)8-10-32-2/h11-14H,3-10,20-21H2,1-2H3,(H2,22,26)(H,23,27)(H,24,29)(H,25,28)(H,30,31). The van der Waals surface area contributed by atoms with E-state index in [1.165, 1.54) is 18.7 Å². The summed E-state index contributed by atoms with van der Waals surface area (Å²) in [5, 5.41) is 16.8. The predicted octanol–water partition coefficient (Wildman–Crippen LogP) is -1.98. The summed E-state index contributed by atoms with van der Waals surface area (Å²) < 4.78 is 0. The van der Waals surface area contributed by atoms with Crippen LogP contribution < -0.4 is 33.2 Å². The largest absolute Gasteiger partial charge is 0.480 e. The highest BCUT2D eigenvalue weighted by Crippen LogP contribution is 2.07. The van der Waals surface area contributed by atoms with Crippen LogP contribution in [0.25, 0.3) is 0 Å². The summed E-state index contributed by atoms with van der Waals surface area (Å²) in [7, 11) is 0. The number of carboxylic acids is 1. The Morgan fingerprint density at radius 1 is 0.875 bits per heavy atom. The quantitative estimate of drug-likeness (QED) is 0.115. The van der Waals surface area contributed by atoms with Gasteiger partial charge in [-0.2, -0.15) is 11.8 Å². The summed E-state index contributed by atoms with van der Waals surface area (Å²) in [6.45, 7) is 1.82. The molecule has 13 heteroatoms. The fraction of sp³-hybridized carbons (Fsp3) is 0.737. The highest BCUT2D eigenvalue weighted by atomic mass is 32.2. The zero-order valence-corrected chi connectivity index (χ0v) is 19.4. The van der Waals surface area contributed by atoms with Crippen LogP contribution >= 0.6 is 11.8 Å². The number of carbonyl (C=O) groups excluding carboxylic acids is 4. The van der Waals surface area contributed by atoms with Gasteiger partial charge >= 0.3 is 5.97 Å². The van der Waals surface area contributed by atoms with Crippen molar-refractivity contribution in [3.8, 4) is 0 Å². The first-order valence-corrected chi connectivity index (χ1v) is 11.8. The second-order valence-electron chi connectivity index (χ2n) is 7.38. The zero-order chi connectivity index (χ0) is 24.7. The van der Waals surface area contributed by atoms with Gasteiger partial charge in [0.2, 0.25) is 23.6 Å². The maximum absolute atomic E-state index is 12.8. The van der Waals surface area contributed by atoms with Gasteiger partial charge in [-0.05, 0) is 57.6 Å². The molecule has 0 aromatic rings. The first kappa shape index (κ1) is 29.6. The molecule has 0 aromatic heterocycles. The van der Waals surface area contributed by atoms with Crippen molar-refractivity contribution in [2.45, 2.75) is 69.6 Å². The minimum Gasteiger partial charge on any atom is -0.480 e. The van der Waals surface area contributed by atoms with Crippen molar-refractivity contribution in [3.05, 3.63) is 0 Å². The van der Waals surface area contributed by atoms with Gasteiger partial charge in [0.05, 0.1) is 6.04 Å². The molecule has 0 rings (SSSR count). The Labute approximate surface area is 192 Å². The maximum Gasteiger partial charge on any atom is 0.326 e. The molecular formula is C19H36N6O6S. The van der Waals surface area contributed by atoms with Crippen LogP contribution in [0, 0.1) is 0 Å². The second kappa shape index (κ2) is 16.3. The lowest BCUT2D eigenvalue weighted by Gasteiger charge is -2.25. The number of nitrogens with one attached hydrogen (secondary N) is 3. The van der Waals surface area contributed by atoms with E-state index in [4.69, 9.17) is 17.2 Å². The minimum atomic E-state index is -1.18. The molecule has 0 aliphatic carbocycles. The Kier molecular flexibility index (Phi) is 15.1. The number of primary amides is 1. The number of aliphatic carboxylic acids is 1. The van der Waals surface area contributed by atoms with E-state index < -0.39 is 53.8 Å². The fourth-order valence-electron chi connectivity index (χ4n) is 2.66. The zero-order valence-electron chi connectivity index (χ0n) is 18.6. The van der Waals surface area contributed by atoms with Gasteiger partial charge in [-0.15, -0.1) is 0 Å². The van der Waals surface area contributed by atoms with Crippen LogP contribution in [0.3, 0.4) is 0 Å². The van der Waals surface area contributed by atoms with E-state index in [0.717, 1.165) is 0 Å². The van der Waals surface area contributed by atoms with Gasteiger partial charge in [0.15, 0.2) is 0 Å². The van der Waals surface area contributed by atoms with Crippen LogP contribution in [0.4, 0.5) is 0 Å². The Balaban J connectivity index is 5.42. The van der Waals surface area contributed by atoms with Crippen LogP contribution in [0.2, 0.25) is 0 Å². The highest BCUT2D eigenvalue weighted by Gasteiger charge is 2.29. The molecule has 10 N–H and O–H groups in total. The molecular weight excluding hydrogens is 440 g/mol. The topological polar surface area (TPSA) is 220 Å². The lowest BCUT2D eigenvalue weighted by atomic mass is 10.1. The monoisotopic (exact) mass is 476 g/mol. The van der Waals surface area contributed by atoms with E-state index in [-0.39, 0.29) is 25.7 Å². The molecule has 0 heterocycles. The molecule has 0 bridgehead atoms. The molecule has 0 saturated carbocycles. The number of unbranched alkanes of at least 4 members (excludes halogenated alkanes) is 1. The summed E-state index contributed by atoms with van der Waals surface area (Å²) in [5.41, 5.74) is 16.2. The number of amides is 4. The van der Waals surface area contributed by atoms with E-state index >= 15 is 0 Å². The fourth-order valence-corrected chi connectivity index (χ4v) is 3.13. The van der Waals surface area contributed by atoms with Gasteiger partial charge in [0.25, 0.3) is 0 Å². The molecule has 0 fully saturated rings. The van der Waals surface area contributed by atoms with Crippen molar-refractivity contribution < 1.29 is 29.1 Å². The number of nitrogens with two attached hydrogens (primary N) is 3. The third-order valence-corrected chi connectivity index (χ3v) is 5.18. The summed E-state index contributed by atoms with van der Waals surface area (Å²) >= 11 is 1.44. The first-order chi connectivity index (χ1) is 15.0. The van der Waals surface area contributed by atoms with Gasteiger partial charge in [-0.1, -0.05) is 0 Å². The van der Waals surface area contributed by atoms with Crippen molar-refractivity contribution in [2.24, 2.45) is 17.2 Å². The summed E-state index contributed by atoms with van der Waals surface area (Å²) in [5.74, 6) is -3.28. The van der Waals surface area contributed by atoms with Crippen molar-refractivity contribution >= 4 is 41.4 Å². The van der Waals surface area contributed by atoms with Gasteiger partial charge < -0.3 is 38.3 Å². The second-order valence-corrected chi connectivity index (χ2v) is 8.37. The number of thioether (sulfide) groups is 1. The molecule has 4 amide bonds. The van der Waals surface area contributed by atoms with Crippen LogP contribution in [-0.4, -0.2) is 77.4 Å². The molecule has 184 valence electrons. The Hall–Kier alpha value is -2.38. The van der Waals surface area contributed by atoms with Crippen molar-refractivity contribution in [2.75, 3.05) is 18.6 Å².